The second kappa shape index (κ2) is 8.89. The molecule has 1 amide bonds. The van der Waals surface area contributed by atoms with E-state index in [9.17, 15) is 4.79 Å². The van der Waals surface area contributed by atoms with E-state index in [2.05, 4.69) is 10.3 Å². The maximum absolute atomic E-state index is 11.7. The van der Waals surface area contributed by atoms with Gasteiger partial charge in [-0.3, -0.25) is 4.79 Å². The molecule has 22 heavy (non-hydrogen) atoms. The first-order valence-corrected chi connectivity index (χ1v) is 8.43. The fraction of sp³-hybridized carbons (Fsp3) is 0.333. The summed E-state index contributed by atoms with van der Waals surface area (Å²) in [6.45, 7) is 2.90. The number of rotatable bonds is 8. The highest BCUT2D eigenvalue weighted by molar-refractivity contribution is 8.01. The van der Waals surface area contributed by atoms with E-state index >= 15 is 0 Å². The number of ether oxygens (including phenoxy) is 2. The zero-order valence-electron chi connectivity index (χ0n) is 12.5. The summed E-state index contributed by atoms with van der Waals surface area (Å²) in [7, 11) is 1.59. The number of carbonyl (C=O) groups is 1. The van der Waals surface area contributed by atoms with Gasteiger partial charge in [0.15, 0.2) is 4.34 Å². The van der Waals surface area contributed by atoms with Crippen molar-refractivity contribution in [3.05, 3.63) is 35.3 Å². The normalized spacial score (nSPS) is 10.6. The van der Waals surface area contributed by atoms with Gasteiger partial charge < -0.3 is 14.8 Å². The molecule has 1 heterocycles. The Morgan fingerprint density at radius 3 is 2.73 bits per heavy atom. The Bertz CT molecular complexity index is 599. The Morgan fingerprint density at radius 2 is 2.09 bits per heavy atom. The molecular weight excluding hydrogens is 320 g/mol. The average molecular weight is 338 g/mol. The minimum Gasteiger partial charge on any atom is -0.382 e. The van der Waals surface area contributed by atoms with Crippen LogP contribution in [0.1, 0.15) is 5.69 Å². The van der Waals surface area contributed by atoms with Gasteiger partial charge in [-0.1, -0.05) is 11.8 Å². The molecule has 1 aromatic carbocycles. The molecule has 2 rings (SSSR count). The van der Waals surface area contributed by atoms with Crippen LogP contribution in [0, 0.1) is 6.92 Å². The summed E-state index contributed by atoms with van der Waals surface area (Å²) in [5.74, 6) is -0.174. The summed E-state index contributed by atoms with van der Waals surface area (Å²) in [4.78, 5) is 17.2. The summed E-state index contributed by atoms with van der Waals surface area (Å²) in [6.07, 6.45) is 0. The Balaban J connectivity index is 1.80. The van der Waals surface area contributed by atoms with Crippen molar-refractivity contribution in [2.24, 2.45) is 0 Å². The Hall–Kier alpha value is -1.41. The minimum absolute atomic E-state index is 0.0260. The standard InChI is InChI=1S/C15H18N2O3S2/c1-11-10-21-15(16-11)22-13-5-3-12(4-6-13)17-14(18)9-20-8-7-19-2/h3-6,10H,7-9H2,1-2H3,(H,17,18). The van der Waals surface area contributed by atoms with Gasteiger partial charge in [-0.05, 0) is 31.2 Å². The monoisotopic (exact) mass is 338 g/mol. The molecule has 0 fully saturated rings. The first kappa shape index (κ1) is 17.0. The fourth-order valence-corrected chi connectivity index (χ4v) is 3.40. The van der Waals surface area contributed by atoms with Gasteiger partial charge in [-0.25, -0.2) is 4.98 Å². The van der Waals surface area contributed by atoms with Crippen molar-refractivity contribution >= 4 is 34.7 Å². The Morgan fingerprint density at radius 1 is 1.32 bits per heavy atom. The maximum Gasteiger partial charge on any atom is 0.250 e. The fourth-order valence-electron chi connectivity index (χ4n) is 1.59. The molecule has 2 aromatic rings. The largest absolute Gasteiger partial charge is 0.382 e. The highest BCUT2D eigenvalue weighted by Gasteiger charge is 2.04. The van der Waals surface area contributed by atoms with Gasteiger partial charge in [-0.15, -0.1) is 11.3 Å². The molecule has 0 spiro atoms. The maximum atomic E-state index is 11.7. The van der Waals surface area contributed by atoms with E-state index in [0.29, 0.717) is 13.2 Å². The van der Waals surface area contributed by atoms with E-state index < -0.39 is 0 Å². The first-order chi connectivity index (χ1) is 10.7. The lowest BCUT2D eigenvalue weighted by Gasteiger charge is -2.06. The van der Waals surface area contributed by atoms with Crippen molar-refractivity contribution in [2.45, 2.75) is 16.2 Å². The lowest BCUT2D eigenvalue weighted by atomic mass is 10.3. The van der Waals surface area contributed by atoms with Crippen LogP contribution in [0.25, 0.3) is 0 Å². The number of amides is 1. The molecule has 0 saturated heterocycles. The molecular formula is C15H18N2O3S2. The number of aromatic nitrogens is 1. The van der Waals surface area contributed by atoms with E-state index in [-0.39, 0.29) is 12.5 Å². The number of hydrogen-bond donors (Lipinski definition) is 1. The van der Waals surface area contributed by atoms with E-state index in [1.807, 2.05) is 36.6 Å². The Kier molecular flexibility index (Phi) is 6.85. The number of hydrogen-bond acceptors (Lipinski definition) is 6. The van der Waals surface area contributed by atoms with Crippen LogP contribution in [0.15, 0.2) is 38.9 Å². The minimum atomic E-state index is -0.174. The number of thiazole rings is 1. The molecule has 0 radical (unpaired) electrons. The van der Waals surface area contributed by atoms with Crippen LogP contribution in [0.3, 0.4) is 0 Å². The highest BCUT2D eigenvalue weighted by Crippen LogP contribution is 2.30. The highest BCUT2D eigenvalue weighted by atomic mass is 32.2. The average Bonchev–Trinajstić information content (AvgIpc) is 2.91. The number of carbonyl (C=O) groups excluding carboxylic acids is 1. The molecule has 0 aliphatic heterocycles. The van der Waals surface area contributed by atoms with E-state index in [0.717, 1.165) is 20.6 Å². The molecule has 0 unspecified atom stereocenters. The number of nitrogens with one attached hydrogen (secondary N) is 1. The number of benzene rings is 1. The third-order valence-corrected chi connectivity index (χ3v) is 4.67. The van der Waals surface area contributed by atoms with Crippen LogP contribution in [0.2, 0.25) is 0 Å². The van der Waals surface area contributed by atoms with Gasteiger partial charge >= 0.3 is 0 Å². The molecule has 0 saturated carbocycles. The summed E-state index contributed by atoms with van der Waals surface area (Å²) < 4.78 is 11.0. The van der Waals surface area contributed by atoms with Gasteiger partial charge in [0.25, 0.3) is 0 Å². The molecule has 0 aliphatic rings. The van der Waals surface area contributed by atoms with Crippen molar-refractivity contribution in [1.82, 2.24) is 4.98 Å². The summed E-state index contributed by atoms with van der Waals surface area (Å²) in [6, 6.07) is 7.66. The molecule has 7 heteroatoms. The lowest BCUT2D eigenvalue weighted by molar-refractivity contribution is -0.121. The third-order valence-electron chi connectivity index (χ3n) is 2.61. The van der Waals surface area contributed by atoms with Crippen LogP contribution in [0.4, 0.5) is 5.69 Å². The van der Waals surface area contributed by atoms with E-state index in [1.165, 1.54) is 0 Å². The van der Waals surface area contributed by atoms with Crippen LogP contribution >= 0.6 is 23.1 Å². The molecule has 5 nitrogen and oxygen atoms in total. The first-order valence-electron chi connectivity index (χ1n) is 6.74. The van der Waals surface area contributed by atoms with Gasteiger partial charge in [-0.2, -0.15) is 0 Å². The van der Waals surface area contributed by atoms with Gasteiger partial charge in [0, 0.05) is 28.8 Å². The van der Waals surface area contributed by atoms with Crippen molar-refractivity contribution in [3.8, 4) is 0 Å². The number of anilines is 1. The van der Waals surface area contributed by atoms with Crippen molar-refractivity contribution in [1.29, 1.82) is 0 Å². The quantitative estimate of drug-likeness (QED) is 0.749. The zero-order valence-corrected chi connectivity index (χ0v) is 14.1. The molecule has 1 N–H and O–H groups in total. The zero-order chi connectivity index (χ0) is 15.8. The van der Waals surface area contributed by atoms with E-state index in [1.54, 1.807) is 30.2 Å². The summed E-state index contributed by atoms with van der Waals surface area (Å²) >= 11 is 3.24. The second-order valence-corrected chi connectivity index (χ2v) is 6.65. The van der Waals surface area contributed by atoms with Gasteiger partial charge in [0.2, 0.25) is 5.91 Å². The van der Waals surface area contributed by atoms with Crippen LogP contribution in [0.5, 0.6) is 0 Å². The SMILES string of the molecule is COCCOCC(=O)Nc1ccc(Sc2nc(C)cs2)cc1. The number of methoxy groups -OCH3 is 1. The van der Waals surface area contributed by atoms with Crippen molar-refractivity contribution in [2.75, 3.05) is 32.2 Å². The molecule has 1 aromatic heterocycles. The molecule has 0 atom stereocenters. The lowest BCUT2D eigenvalue weighted by Crippen LogP contribution is -2.19. The van der Waals surface area contributed by atoms with Crippen molar-refractivity contribution in [3.63, 3.8) is 0 Å². The second-order valence-electron chi connectivity index (χ2n) is 4.47. The predicted octanol–water partition coefficient (Wildman–Crippen LogP) is 3.20. The van der Waals surface area contributed by atoms with Crippen LogP contribution in [-0.2, 0) is 14.3 Å². The topological polar surface area (TPSA) is 60.5 Å². The van der Waals surface area contributed by atoms with Gasteiger partial charge in [0.1, 0.15) is 6.61 Å². The van der Waals surface area contributed by atoms with Crippen LogP contribution in [-0.4, -0.2) is 37.8 Å². The Labute approximate surface area is 138 Å². The molecule has 0 aliphatic carbocycles. The number of nitrogens with zero attached hydrogens (tertiary/aromatic N) is 1. The predicted molar refractivity (Wildman–Crippen MR) is 88.7 cm³/mol. The third kappa shape index (κ3) is 5.76. The molecule has 118 valence electrons. The van der Waals surface area contributed by atoms with Crippen LogP contribution < -0.4 is 5.32 Å². The van der Waals surface area contributed by atoms with Gasteiger partial charge in [0.05, 0.1) is 13.2 Å². The number of aryl methyl sites for hydroxylation is 1. The summed E-state index contributed by atoms with van der Waals surface area (Å²) in [5, 5.41) is 4.82. The van der Waals surface area contributed by atoms with Crippen molar-refractivity contribution < 1.29 is 14.3 Å². The summed E-state index contributed by atoms with van der Waals surface area (Å²) in [5.41, 5.74) is 1.78. The molecule has 0 bridgehead atoms. The smallest absolute Gasteiger partial charge is 0.250 e. The van der Waals surface area contributed by atoms with E-state index in [4.69, 9.17) is 9.47 Å².